The average Bonchev–Trinajstić information content (AvgIpc) is 3.83. The summed E-state index contributed by atoms with van der Waals surface area (Å²) in [5.41, 5.74) is 7.12. The van der Waals surface area contributed by atoms with E-state index in [9.17, 15) is 20.2 Å². The fourth-order valence-electron chi connectivity index (χ4n) is 8.50. The minimum absolute atomic E-state index is 0.0185. The molecule has 66 heavy (non-hydrogen) atoms. The van der Waals surface area contributed by atoms with E-state index in [1.54, 1.807) is 48.8 Å². The third-order valence-electron chi connectivity index (χ3n) is 11.6. The normalized spacial score (nSPS) is 11.4. The van der Waals surface area contributed by atoms with Gasteiger partial charge in [0.1, 0.15) is 23.1 Å². The van der Waals surface area contributed by atoms with Gasteiger partial charge >= 0.3 is 11.4 Å². The molecule has 14 heteroatoms. The number of rotatable bonds is 10. The molecule has 0 aliphatic rings. The number of hydrogen-bond acceptors (Lipinski definition) is 10. The molecule has 318 valence electrons. The summed E-state index contributed by atoms with van der Waals surface area (Å²) in [7, 11) is 0. The van der Waals surface area contributed by atoms with Crippen LogP contribution in [-0.4, -0.2) is 38.9 Å². The molecule has 0 amide bonds. The molecule has 0 N–H and O–H groups in total. The largest absolute Gasteiger partial charge is 0.450 e. The van der Waals surface area contributed by atoms with Gasteiger partial charge < -0.3 is 9.47 Å². The Morgan fingerprint density at radius 2 is 0.879 bits per heavy atom. The third-order valence-corrected chi connectivity index (χ3v) is 11.6. The van der Waals surface area contributed by atoms with Crippen LogP contribution in [0.3, 0.4) is 0 Å². The lowest BCUT2D eigenvalue weighted by atomic mass is 10.1. The van der Waals surface area contributed by atoms with Gasteiger partial charge in [-0.25, -0.2) is 9.97 Å². The molecule has 5 heterocycles. The number of hydrogen-bond donors (Lipinski definition) is 0. The van der Waals surface area contributed by atoms with Crippen molar-refractivity contribution in [1.82, 2.24) is 29.1 Å². The highest BCUT2D eigenvalue weighted by molar-refractivity contribution is 6.10. The quantitative estimate of drug-likeness (QED) is 0.0953. The Labute approximate surface area is 374 Å². The molecule has 5 aromatic heterocycles. The van der Waals surface area contributed by atoms with Gasteiger partial charge in [-0.2, -0.15) is 0 Å². The highest BCUT2D eigenvalue weighted by Gasteiger charge is 2.22. The first-order valence-electron chi connectivity index (χ1n) is 20.8. The van der Waals surface area contributed by atoms with Gasteiger partial charge in [0.2, 0.25) is 11.5 Å². The summed E-state index contributed by atoms with van der Waals surface area (Å²) in [5, 5.41) is 28.6. The Morgan fingerprint density at radius 1 is 0.455 bits per heavy atom. The Hall–Kier alpha value is -9.30. The lowest BCUT2D eigenvalue weighted by Gasteiger charge is -2.11. The third kappa shape index (κ3) is 6.95. The second kappa shape index (κ2) is 15.8. The highest BCUT2D eigenvalue weighted by Crippen LogP contribution is 2.41. The molecule has 0 aliphatic heterocycles. The average molecular weight is 867 g/mol. The number of nitro groups is 2. The fraction of sp³-hybridized carbons (Fsp3) is 0.0385. The molecule has 6 aromatic carbocycles. The SMILES string of the molecule is Cc1ccnc(-n2c3ccccc3c3ccc(Oc4cc(-c5cnc(-c6ccc([N+](=O)[O-])c(Oc7ccc8c9ccccc9n(-c9cc(C)ccn9)c8c7)c6)cn5)ccc4[N+](=O)[O-])cc32)c1. The Bertz CT molecular complexity index is 3520. The molecular formula is C52H34N8O6. The van der Waals surface area contributed by atoms with E-state index < -0.39 is 9.85 Å². The van der Waals surface area contributed by atoms with Crippen molar-refractivity contribution in [3.05, 3.63) is 202 Å². The number of benzene rings is 6. The van der Waals surface area contributed by atoms with Crippen LogP contribution in [0.2, 0.25) is 0 Å². The molecular weight excluding hydrogens is 833 g/mol. The van der Waals surface area contributed by atoms with E-state index in [2.05, 4.69) is 29.1 Å². The number of fused-ring (bicyclic) bond motifs is 6. The Morgan fingerprint density at radius 3 is 1.29 bits per heavy atom. The number of aromatic nitrogens is 6. The molecule has 0 fully saturated rings. The zero-order valence-corrected chi connectivity index (χ0v) is 35.2. The summed E-state index contributed by atoms with van der Waals surface area (Å²) in [4.78, 5) is 42.2. The molecule has 14 nitrogen and oxygen atoms in total. The summed E-state index contributed by atoms with van der Waals surface area (Å²) in [6, 6.07) is 44.2. The van der Waals surface area contributed by atoms with Gasteiger partial charge in [-0.3, -0.25) is 39.3 Å². The van der Waals surface area contributed by atoms with E-state index in [-0.39, 0.29) is 22.9 Å². The predicted molar refractivity (Wildman–Crippen MR) is 253 cm³/mol. The maximum absolute atomic E-state index is 12.3. The Balaban J connectivity index is 0.910. The van der Waals surface area contributed by atoms with E-state index >= 15 is 0 Å². The van der Waals surface area contributed by atoms with Crippen LogP contribution in [0.25, 0.3) is 77.8 Å². The number of pyridine rings is 2. The number of nitro benzene ring substituents is 2. The van der Waals surface area contributed by atoms with Gasteiger partial charge in [-0.15, -0.1) is 0 Å². The smallest absolute Gasteiger partial charge is 0.311 e. The van der Waals surface area contributed by atoms with Crippen LogP contribution in [0.4, 0.5) is 11.4 Å². The van der Waals surface area contributed by atoms with E-state index in [1.807, 2.05) is 111 Å². The zero-order valence-electron chi connectivity index (χ0n) is 35.2. The maximum atomic E-state index is 12.3. The topological polar surface area (TPSA) is 166 Å². The molecule has 0 atom stereocenters. The van der Waals surface area contributed by atoms with E-state index in [1.165, 1.54) is 24.5 Å². The van der Waals surface area contributed by atoms with Gasteiger partial charge in [-0.1, -0.05) is 36.4 Å². The first kappa shape index (κ1) is 39.5. The predicted octanol–water partition coefficient (Wildman–Crippen LogP) is 12.8. The summed E-state index contributed by atoms with van der Waals surface area (Å²) in [5.74, 6) is 2.29. The maximum Gasteiger partial charge on any atom is 0.311 e. The lowest BCUT2D eigenvalue weighted by molar-refractivity contribution is -0.385. The molecule has 0 radical (unpaired) electrons. The minimum atomic E-state index is -0.493. The van der Waals surface area contributed by atoms with Gasteiger partial charge in [0.05, 0.1) is 55.7 Å². The molecule has 0 unspecified atom stereocenters. The van der Waals surface area contributed by atoms with Crippen molar-refractivity contribution in [3.8, 4) is 57.1 Å². The summed E-state index contributed by atoms with van der Waals surface area (Å²) in [6.07, 6.45) is 6.60. The van der Waals surface area contributed by atoms with Crippen LogP contribution in [0.15, 0.2) is 170 Å². The van der Waals surface area contributed by atoms with Crippen molar-refractivity contribution in [1.29, 1.82) is 0 Å². The monoisotopic (exact) mass is 866 g/mol. The molecule has 11 aromatic rings. The summed E-state index contributed by atoms with van der Waals surface area (Å²) >= 11 is 0. The van der Waals surface area contributed by atoms with Crippen molar-refractivity contribution >= 4 is 55.0 Å². The van der Waals surface area contributed by atoms with Crippen molar-refractivity contribution in [2.45, 2.75) is 13.8 Å². The summed E-state index contributed by atoms with van der Waals surface area (Å²) < 4.78 is 16.7. The van der Waals surface area contributed by atoms with Crippen LogP contribution in [-0.2, 0) is 0 Å². The van der Waals surface area contributed by atoms with Crippen molar-refractivity contribution in [2.24, 2.45) is 0 Å². The molecule has 0 spiro atoms. The minimum Gasteiger partial charge on any atom is -0.450 e. The van der Waals surface area contributed by atoms with E-state index in [0.717, 1.165) is 66.4 Å². The number of nitrogens with zero attached hydrogens (tertiary/aromatic N) is 8. The van der Waals surface area contributed by atoms with Crippen LogP contribution in [0.1, 0.15) is 11.1 Å². The van der Waals surface area contributed by atoms with Crippen LogP contribution < -0.4 is 9.47 Å². The standard InChI is InChI=1S/C52H34N8O6/c1-31-19-21-53-51(23-31)57-43-9-5-3-7-37(43)39-15-13-35(27-47(39)57)65-49-25-33(11-17-45(49)59(61)62)41-29-56-42(30-55-41)34-12-18-46(60(63)64)50(26-34)66-36-14-16-40-38-8-4-6-10-44(38)58(48(40)28-36)52-24-32(2)20-22-54-52/h3-30H,1-2H3. The number of ether oxygens (including phenoxy) is 2. The first-order chi connectivity index (χ1) is 32.2. The Kier molecular flexibility index (Phi) is 9.47. The van der Waals surface area contributed by atoms with Gasteiger partial charge in [-0.05, 0) is 110 Å². The zero-order chi connectivity index (χ0) is 45.1. The highest BCUT2D eigenvalue weighted by atomic mass is 16.6. The number of para-hydroxylation sites is 2. The van der Waals surface area contributed by atoms with E-state index in [0.29, 0.717) is 34.0 Å². The molecule has 0 aliphatic carbocycles. The second-order valence-corrected chi connectivity index (χ2v) is 15.8. The molecule has 0 bridgehead atoms. The number of aryl methyl sites for hydroxylation is 2. The first-order valence-corrected chi connectivity index (χ1v) is 20.8. The molecule has 11 rings (SSSR count). The van der Waals surface area contributed by atoms with Gasteiger partial charge in [0.25, 0.3) is 0 Å². The summed E-state index contributed by atoms with van der Waals surface area (Å²) in [6.45, 7) is 4.01. The second-order valence-electron chi connectivity index (χ2n) is 15.8. The molecule has 0 saturated heterocycles. The van der Waals surface area contributed by atoms with Crippen molar-refractivity contribution in [3.63, 3.8) is 0 Å². The van der Waals surface area contributed by atoms with Crippen LogP contribution in [0, 0.1) is 34.1 Å². The fourth-order valence-corrected chi connectivity index (χ4v) is 8.50. The molecule has 0 saturated carbocycles. The van der Waals surface area contributed by atoms with Crippen LogP contribution >= 0.6 is 0 Å². The van der Waals surface area contributed by atoms with Crippen molar-refractivity contribution in [2.75, 3.05) is 0 Å². The van der Waals surface area contributed by atoms with Gasteiger partial charge in [0.15, 0.2) is 0 Å². The van der Waals surface area contributed by atoms with Gasteiger partial charge in [0, 0.05) is 69.3 Å². The lowest BCUT2D eigenvalue weighted by Crippen LogP contribution is -1.98. The van der Waals surface area contributed by atoms with Crippen LogP contribution in [0.5, 0.6) is 23.0 Å². The van der Waals surface area contributed by atoms with E-state index in [4.69, 9.17) is 9.47 Å². The van der Waals surface area contributed by atoms with Crippen molar-refractivity contribution < 1.29 is 19.3 Å².